The molecule has 3 N–H and O–H groups in total. The van der Waals surface area contributed by atoms with Crippen molar-refractivity contribution in [2.24, 2.45) is 5.92 Å². The minimum Gasteiger partial charge on any atom is -0.481 e. The standard InChI is InChI=1S/C33H38N2O6/c1-22(16-17-30(36)37)18-19-34-32(38)31(23(2)40-20-24-10-4-3-5-11-24)35-33(39)41-21-29-27-14-8-6-12-25(27)26-13-7-9-15-28(26)29/h3-15,22-23,29,31H,16-21H2,1-2H3,(H,34,38)(H,35,39)(H,36,37)/t22?,23-,31+/m0/s1. The third kappa shape index (κ3) is 8.17. The topological polar surface area (TPSA) is 114 Å². The smallest absolute Gasteiger partial charge is 0.407 e. The van der Waals surface area contributed by atoms with E-state index in [9.17, 15) is 14.4 Å². The van der Waals surface area contributed by atoms with Crippen molar-refractivity contribution in [3.63, 3.8) is 0 Å². The van der Waals surface area contributed by atoms with Crippen molar-refractivity contribution in [2.75, 3.05) is 13.2 Å². The predicted octanol–water partition coefficient (Wildman–Crippen LogP) is 5.51. The van der Waals surface area contributed by atoms with E-state index in [4.69, 9.17) is 14.6 Å². The number of fused-ring (bicyclic) bond motifs is 3. The van der Waals surface area contributed by atoms with Crippen LogP contribution in [-0.2, 0) is 25.7 Å². The number of benzene rings is 3. The van der Waals surface area contributed by atoms with Crippen molar-refractivity contribution in [1.82, 2.24) is 10.6 Å². The van der Waals surface area contributed by atoms with Crippen molar-refractivity contribution in [3.05, 3.63) is 95.6 Å². The highest BCUT2D eigenvalue weighted by Gasteiger charge is 2.31. The highest BCUT2D eigenvalue weighted by Crippen LogP contribution is 2.44. The van der Waals surface area contributed by atoms with E-state index in [-0.39, 0.29) is 37.4 Å². The Hall–Kier alpha value is -4.17. The third-order valence-corrected chi connectivity index (χ3v) is 7.51. The van der Waals surface area contributed by atoms with E-state index >= 15 is 0 Å². The minimum absolute atomic E-state index is 0.0887. The maximum absolute atomic E-state index is 13.2. The molecule has 8 heteroatoms. The molecule has 3 aromatic carbocycles. The molecule has 3 aromatic rings. The van der Waals surface area contributed by atoms with Gasteiger partial charge in [-0.2, -0.15) is 0 Å². The number of rotatable bonds is 14. The average Bonchev–Trinajstić information content (AvgIpc) is 3.30. The molecule has 1 aliphatic rings. The lowest BCUT2D eigenvalue weighted by molar-refractivity contribution is -0.137. The van der Waals surface area contributed by atoms with Crippen LogP contribution in [0.25, 0.3) is 11.1 Å². The van der Waals surface area contributed by atoms with Crippen molar-refractivity contribution >= 4 is 18.0 Å². The summed E-state index contributed by atoms with van der Waals surface area (Å²) in [5.74, 6) is -1.19. The summed E-state index contributed by atoms with van der Waals surface area (Å²) in [5.41, 5.74) is 5.43. The van der Waals surface area contributed by atoms with Gasteiger partial charge in [0, 0.05) is 18.9 Å². The molecule has 0 bridgehead atoms. The number of carboxylic acid groups (broad SMARTS) is 1. The summed E-state index contributed by atoms with van der Waals surface area (Å²) in [7, 11) is 0. The van der Waals surface area contributed by atoms with Crippen LogP contribution in [-0.4, -0.2) is 48.4 Å². The molecule has 2 amide bonds. The lowest BCUT2D eigenvalue weighted by Gasteiger charge is -2.25. The number of nitrogens with one attached hydrogen (secondary N) is 2. The Morgan fingerprint density at radius 2 is 1.46 bits per heavy atom. The molecule has 3 atom stereocenters. The Morgan fingerprint density at radius 3 is 2.10 bits per heavy atom. The second-order valence-corrected chi connectivity index (χ2v) is 10.6. The van der Waals surface area contributed by atoms with Crippen LogP contribution >= 0.6 is 0 Å². The zero-order chi connectivity index (χ0) is 29.2. The SMILES string of the molecule is CC(CCNC(=O)[C@H](NC(=O)OCC1c2ccccc2-c2ccccc21)[C@H](C)OCc1ccccc1)CCC(=O)O. The number of carbonyl (C=O) groups excluding carboxylic acids is 2. The molecule has 0 fully saturated rings. The molecule has 41 heavy (non-hydrogen) atoms. The fraction of sp³-hybridized carbons (Fsp3) is 0.364. The minimum atomic E-state index is -0.983. The van der Waals surface area contributed by atoms with Gasteiger partial charge in [0.15, 0.2) is 0 Å². The highest BCUT2D eigenvalue weighted by atomic mass is 16.5. The van der Waals surface area contributed by atoms with Gasteiger partial charge in [-0.05, 0) is 53.5 Å². The maximum Gasteiger partial charge on any atom is 0.407 e. The molecule has 0 aromatic heterocycles. The molecular weight excluding hydrogens is 520 g/mol. The van der Waals surface area contributed by atoms with Crippen molar-refractivity contribution in [2.45, 2.75) is 57.8 Å². The molecular formula is C33H38N2O6. The molecule has 0 saturated heterocycles. The Labute approximate surface area is 241 Å². The second kappa shape index (κ2) is 14.5. The van der Waals surface area contributed by atoms with Crippen LogP contribution in [0.2, 0.25) is 0 Å². The molecule has 0 heterocycles. The van der Waals surface area contributed by atoms with Crippen molar-refractivity contribution in [3.8, 4) is 11.1 Å². The fourth-order valence-electron chi connectivity index (χ4n) is 5.13. The van der Waals surface area contributed by atoms with Crippen LogP contribution in [0.1, 0.15) is 55.7 Å². The van der Waals surface area contributed by atoms with E-state index in [2.05, 4.69) is 34.9 Å². The number of carbonyl (C=O) groups is 3. The number of aliphatic carboxylic acids is 1. The normalized spacial score (nSPS) is 14.3. The van der Waals surface area contributed by atoms with Gasteiger partial charge in [-0.25, -0.2) is 4.79 Å². The van der Waals surface area contributed by atoms with E-state index in [1.807, 2.05) is 61.5 Å². The first-order valence-electron chi connectivity index (χ1n) is 14.1. The van der Waals surface area contributed by atoms with E-state index in [1.165, 1.54) is 0 Å². The summed E-state index contributed by atoms with van der Waals surface area (Å²) in [4.78, 5) is 37.1. The van der Waals surface area contributed by atoms with E-state index < -0.39 is 24.2 Å². The summed E-state index contributed by atoms with van der Waals surface area (Å²) >= 11 is 0. The molecule has 0 saturated carbocycles. The van der Waals surface area contributed by atoms with Gasteiger partial charge in [-0.15, -0.1) is 0 Å². The van der Waals surface area contributed by atoms with Crippen molar-refractivity contribution < 1.29 is 29.0 Å². The molecule has 1 unspecified atom stereocenters. The molecule has 0 aliphatic heterocycles. The predicted molar refractivity (Wildman–Crippen MR) is 156 cm³/mol. The van der Waals surface area contributed by atoms with Crippen LogP contribution in [0.3, 0.4) is 0 Å². The number of hydrogen-bond donors (Lipinski definition) is 3. The summed E-state index contributed by atoms with van der Waals surface area (Å²) < 4.78 is 11.7. The molecule has 0 spiro atoms. The quantitative estimate of drug-likeness (QED) is 0.241. The van der Waals surface area contributed by atoms with Gasteiger partial charge in [0.25, 0.3) is 0 Å². The number of ether oxygens (including phenoxy) is 2. The van der Waals surface area contributed by atoms with Gasteiger partial charge in [-0.3, -0.25) is 9.59 Å². The van der Waals surface area contributed by atoms with Crippen LogP contribution in [0.5, 0.6) is 0 Å². The summed E-state index contributed by atoms with van der Waals surface area (Å²) in [6, 6.07) is 24.8. The third-order valence-electron chi connectivity index (χ3n) is 7.51. The Balaban J connectivity index is 1.37. The molecule has 8 nitrogen and oxygen atoms in total. The Bertz CT molecular complexity index is 1280. The largest absolute Gasteiger partial charge is 0.481 e. The second-order valence-electron chi connectivity index (χ2n) is 10.6. The summed E-state index contributed by atoms with van der Waals surface area (Å²) in [6.45, 7) is 4.46. The lowest BCUT2D eigenvalue weighted by atomic mass is 9.98. The average molecular weight is 559 g/mol. The van der Waals surface area contributed by atoms with Crippen LogP contribution in [0.4, 0.5) is 4.79 Å². The molecule has 216 valence electrons. The monoisotopic (exact) mass is 558 g/mol. The fourth-order valence-corrected chi connectivity index (χ4v) is 5.13. The molecule has 4 rings (SSSR count). The summed E-state index contributed by atoms with van der Waals surface area (Å²) in [6.07, 6.45) is -0.0953. The van der Waals surface area contributed by atoms with Gasteiger partial charge in [0.2, 0.25) is 5.91 Å². The number of hydrogen-bond acceptors (Lipinski definition) is 5. The Morgan fingerprint density at radius 1 is 0.854 bits per heavy atom. The Kier molecular flexibility index (Phi) is 10.5. The van der Waals surface area contributed by atoms with Gasteiger partial charge in [0.1, 0.15) is 12.6 Å². The van der Waals surface area contributed by atoms with Gasteiger partial charge < -0.3 is 25.2 Å². The summed E-state index contributed by atoms with van der Waals surface area (Å²) in [5, 5.41) is 14.5. The van der Waals surface area contributed by atoms with E-state index in [0.717, 1.165) is 27.8 Å². The van der Waals surface area contributed by atoms with Crippen molar-refractivity contribution in [1.29, 1.82) is 0 Å². The zero-order valence-corrected chi connectivity index (χ0v) is 23.5. The van der Waals surface area contributed by atoms with Crippen LogP contribution in [0, 0.1) is 5.92 Å². The molecule has 1 aliphatic carbocycles. The van der Waals surface area contributed by atoms with E-state index in [1.54, 1.807) is 6.92 Å². The first-order valence-corrected chi connectivity index (χ1v) is 14.1. The van der Waals surface area contributed by atoms with Gasteiger partial charge >= 0.3 is 12.1 Å². The molecule has 0 radical (unpaired) electrons. The number of carboxylic acids is 1. The lowest BCUT2D eigenvalue weighted by Crippen LogP contribution is -2.53. The first-order chi connectivity index (χ1) is 19.8. The van der Waals surface area contributed by atoms with Crippen LogP contribution in [0.15, 0.2) is 78.9 Å². The maximum atomic E-state index is 13.2. The highest BCUT2D eigenvalue weighted by molar-refractivity contribution is 5.86. The van der Waals surface area contributed by atoms with Gasteiger partial charge in [-0.1, -0.05) is 85.8 Å². The van der Waals surface area contributed by atoms with Gasteiger partial charge in [0.05, 0.1) is 12.7 Å². The number of alkyl carbamates (subject to hydrolysis) is 1. The first kappa shape index (κ1) is 29.8. The van der Waals surface area contributed by atoms with E-state index in [0.29, 0.717) is 19.4 Å². The zero-order valence-electron chi connectivity index (χ0n) is 23.5. The number of amides is 2. The van der Waals surface area contributed by atoms with Crippen LogP contribution < -0.4 is 10.6 Å².